The third-order valence-corrected chi connectivity index (χ3v) is 3.20. The molecule has 0 aromatic carbocycles. The molecular formula is C11H15N5O4. The number of aliphatic carboxylic acids is 1. The van der Waals surface area contributed by atoms with E-state index in [4.69, 9.17) is 4.74 Å². The Morgan fingerprint density at radius 3 is 2.70 bits per heavy atom. The minimum absolute atomic E-state index is 0.0256. The Morgan fingerprint density at radius 1 is 1.35 bits per heavy atom. The average molecular weight is 281 g/mol. The van der Waals surface area contributed by atoms with Gasteiger partial charge in [-0.05, 0) is 12.8 Å². The van der Waals surface area contributed by atoms with Crippen LogP contribution in [0.4, 0.5) is 10.7 Å². The predicted octanol–water partition coefficient (Wildman–Crippen LogP) is -0.126. The quantitative estimate of drug-likeness (QED) is 0.701. The van der Waals surface area contributed by atoms with Crippen LogP contribution in [0, 0.1) is 5.41 Å². The van der Waals surface area contributed by atoms with Crippen LogP contribution in [0.3, 0.4) is 0 Å². The molecule has 20 heavy (non-hydrogen) atoms. The zero-order valence-corrected chi connectivity index (χ0v) is 10.7. The Kier molecular flexibility index (Phi) is 4.41. The number of amides is 2. The van der Waals surface area contributed by atoms with E-state index in [1.54, 1.807) is 0 Å². The second kappa shape index (κ2) is 6.24. The fourth-order valence-electron chi connectivity index (χ4n) is 1.93. The Hall–Kier alpha value is -2.29. The molecule has 0 bridgehead atoms. The van der Waals surface area contributed by atoms with E-state index in [0.29, 0.717) is 26.1 Å². The van der Waals surface area contributed by atoms with Gasteiger partial charge in [-0.25, -0.2) is 9.78 Å². The largest absolute Gasteiger partial charge is 0.481 e. The maximum atomic E-state index is 11.7. The number of carbonyl (C=O) groups is 2. The van der Waals surface area contributed by atoms with Crippen molar-refractivity contribution >= 4 is 17.9 Å². The topological polar surface area (TPSA) is 126 Å². The van der Waals surface area contributed by atoms with Gasteiger partial charge in [0.05, 0.1) is 17.8 Å². The predicted molar refractivity (Wildman–Crippen MR) is 67.0 cm³/mol. The molecule has 0 aliphatic carbocycles. The van der Waals surface area contributed by atoms with Gasteiger partial charge in [-0.15, -0.1) is 5.10 Å². The Balaban J connectivity index is 1.89. The molecule has 0 saturated carbocycles. The first kappa shape index (κ1) is 14.1. The number of hydrogen-bond donors (Lipinski definition) is 3. The Morgan fingerprint density at radius 2 is 2.10 bits per heavy atom. The van der Waals surface area contributed by atoms with Crippen LogP contribution in [-0.2, 0) is 9.53 Å². The average Bonchev–Trinajstić information content (AvgIpc) is 2.47. The number of carboxylic acids is 1. The van der Waals surface area contributed by atoms with Crippen molar-refractivity contribution in [3.05, 3.63) is 12.4 Å². The van der Waals surface area contributed by atoms with E-state index in [0.717, 1.165) is 0 Å². The molecule has 2 amide bonds. The van der Waals surface area contributed by atoms with Gasteiger partial charge in [0.25, 0.3) is 5.95 Å². The Bertz CT molecular complexity index is 475. The second-order valence-electron chi connectivity index (χ2n) is 4.47. The van der Waals surface area contributed by atoms with Crippen molar-refractivity contribution in [3.63, 3.8) is 0 Å². The van der Waals surface area contributed by atoms with Crippen molar-refractivity contribution in [1.29, 1.82) is 0 Å². The molecule has 0 unspecified atom stereocenters. The fourth-order valence-corrected chi connectivity index (χ4v) is 1.93. The molecule has 1 saturated heterocycles. The zero-order chi connectivity index (χ0) is 14.4. The highest BCUT2D eigenvalue weighted by Gasteiger charge is 2.40. The lowest BCUT2D eigenvalue weighted by Gasteiger charge is -2.32. The molecule has 0 spiro atoms. The van der Waals surface area contributed by atoms with E-state index in [2.05, 4.69) is 25.8 Å². The number of urea groups is 1. The number of carbonyl (C=O) groups excluding carboxylic acids is 1. The minimum atomic E-state index is -0.981. The summed E-state index contributed by atoms with van der Waals surface area (Å²) in [5.74, 6) is -0.875. The lowest BCUT2D eigenvalue weighted by atomic mass is 9.80. The number of nitrogens with one attached hydrogen (secondary N) is 2. The summed E-state index contributed by atoms with van der Waals surface area (Å²) < 4.78 is 5.16. The van der Waals surface area contributed by atoms with E-state index in [9.17, 15) is 14.7 Å². The van der Waals surface area contributed by atoms with E-state index >= 15 is 0 Å². The summed E-state index contributed by atoms with van der Waals surface area (Å²) in [5, 5.41) is 21.4. The first-order valence-corrected chi connectivity index (χ1v) is 6.12. The molecule has 9 nitrogen and oxygen atoms in total. The van der Waals surface area contributed by atoms with Crippen LogP contribution in [0.1, 0.15) is 12.8 Å². The summed E-state index contributed by atoms with van der Waals surface area (Å²) in [5.41, 5.74) is -0.981. The lowest BCUT2D eigenvalue weighted by molar-refractivity contribution is -0.154. The molecule has 1 aromatic rings. The molecule has 2 rings (SSSR count). The van der Waals surface area contributed by atoms with Crippen molar-refractivity contribution in [1.82, 2.24) is 20.5 Å². The van der Waals surface area contributed by atoms with Crippen LogP contribution in [0.15, 0.2) is 12.4 Å². The highest BCUT2D eigenvalue weighted by molar-refractivity contribution is 5.87. The van der Waals surface area contributed by atoms with Crippen LogP contribution >= 0.6 is 0 Å². The summed E-state index contributed by atoms with van der Waals surface area (Å²) in [7, 11) is 0. The maximum absolute atomic E-state index is 11.7. The summed E-state index contributed by atoms with van der Waals surface area (Å²) in [6.07, 6.45) is 3.50. The number of rotatable bonds is 4. The van der Waals surface area contributed by atoms with Crippen LogP contribution in [0.25, 0.3) is 0 Å². The minimum Gasteiger partial charge on any atom is -0.481 e. The van der Waals surface area contributed by atoms with Gasteiger partial charge in [-0.3, -0.25) is 10.1 Å². The summed E-state index contributed by atoms with van der Waals surface area (Å²) in [6, 6.07) is -0.565. The third-order valence-electron chi connectivity index (χ3n) is 3.20. The summed E-state index contributed by atoms with van der Waals surface area (Å²) in [4.78, 5) is 26.8. The molecule has 1 aliphatic heterocycles. The molecular weight excluding hydrogens is 266 g/mol. The van der Waals surface area contributed by atoms with E-state index in [1.807, 2.05) is 0 Å². The Labute approximate surface area is 114 Å². The molecule has 9 heteroatoms. The van der Waals surface area contributed by atoms with Gasteiger partial charge in [0, 0.05) is 19.8 Å². The maximum Gasteiger partial charge on any atom is 0.321 e. The van der Waals surface area contributed by atoms with Gasteiger partial charge < -0.3 is 15.2 Å². The molecule has 3 N–H and O–H groups in total. The van der Waals surface area contributed by atoms with Crippen molar-refractivity contribution < 1.29 is 19.4 Å². The first-order valence-electron chi connectivity index (χ1n) is 6.12. The first-order chi connectivity index (χ1) is 9.62. The smallest absolute Gasteiger partial charge is 0.321 e. The number of carboxylic acid groups (broad SMARTS) is 1. The van der Waals surface area contributed by atoms with Crippen LogP contribution in [0.5, 0.6) is 0 Å². The van der Waals surface area contributed by atoms with Crippen molar-refractivity contribution in [2.45, 2.75) is 12.8 Å². The van der Waals surface area contributed by atoms with Gasteiger partial charge in [0.15, 0.2) is 0 Å². The number of ether oxygens (including phenoxy) is 1. The number of nitrogens with zero attached hydrogens (tertiary/aromatic N) is 3. The standard InChI is InChI=1S/C11H15N5O4/c17-8(18)11(1-5-20-6-2-11)7-13-10(19)15-9-12-3-4-14-16-9/h3-4H,1-2,5-7H2,(H,17,18)(H2,12,13,15,16,19). The monoisotopic (exact) mass is 281 g/mol. The number of aromatic nitrogens is 3. The highest BCUT2D eigenvalue weighted by atomic mass is 16.5. The molecule has 0 radical (unpaired) electrons. The number of anilines is 1. The molecule has 1 aliphatic rings. The molecule has 2 heterocycles. The van der Waals surface area contributed by atoms with E-state index < -0.39 is 17.4 Å². The SMILES string of the molecule is O=C(NCC1(C(=O)O)CCOCC1)Nc1nccnn1. The van der Waals surface area contributed by atoms with Crippen molar-refractivity contribution in [3.8, 4) is 0 Å². The summed E-state index contributed by atoms with van der Waals surface area (Å²) >= 11 is 0. The van der Waals surface area contributed by atoms with Gasteiger partial charge in [0.1, 0.15) is 0 Å². The van der Waals surface area contributed by atoms with Gasteiger partial charge >= 0.3 is 12.0 Å². The van der Waals surface area contributed by atoms with E-state index in [1.165, 1.54) is 12.4 Å². The van der Waals surface area contributed by atoms with Crippen LogP contribution in [-0.4, -0.2) is 52.0 Å². The van der Waals surface area contributed by atoms with E-state index in [-0.39, 0.29) is 12.5 Å². The lowest BCUT2D eigenvalue weighted by Crippen LogP contribution is -2.47. The summed E-state index contributed by atoms with van der Waals surface area (Å²) in [6.45, 7) is 0.778. The molecule has 1 aromatic heterocycles. The molecule has 0 atom stereocenters. The molecule has 1 fully saturated rings. The zero-order valence-electron chi connectivity index (χ0n) is 10.7. The number of hydrogen-bond acceptors (Lipinski definition) is 6. The van der Waals surface area contributed by atoms with Crippen molar-refractivity contribution in [2.75, 3.05) is 25.1 Å². The highest BCUT2D eigenvalue weighted by Crippen LogP contribution is 2.30. The van der Waals surface area contributed by atoms with Crippen LogP contribution < -0.4 is 10.6 Å². The fraction of sp³-hybridized carbons (Fsp3) is 0.545. The second-order valence-corrected chi connectivity index (χ2v) is 4.47. The van der Waals surface area contributed by atoms with Crippen LogP contribution in [0.2, 0.25) is 0 Å². The third kappa shape index (κ3) is 3.38. The normalized spacial score (nSPS) is 17.2. The van der Waals surface area contributed by atoms with Gasteiger partial charge in [-0.1, -0.05) is 0 Å². The van der Waals surface area contributed by atoms with Gasteiger partial charge in [-0.2, -0.15) is 5.10 Å². The molecule has 108 valence electrons. The van der Waals surface area contributed by atoms with Gasteiger partial charge in [0.2, 0.25) is 0 Å². The van der Waals surface area contributed by atoms with Crippen molar-refractivity contribution in [2.24, 2.45) is 5.41 Å².